The molecule has 14 rings (SSSR count). The molecule has 14 aromatic rings. The van der Waals surface area contributed by atoms with E-state index in [-0.39, 0.29) is 0 Å². The Kier molecular flexibility index (Phi) is 7.89. The predicted octanol–water partition coefficient (Wildman–Crippen LogP) is 17.5. The SMILES string of the molecule is c1ccc(-c2nc(-c3cccc(-c4cc5ccccc5s4)c3)cc(-c3ccc(-c4cc5ccc6cccc7c8cccc9ccc%10cccc(c(c4)c5c67)c%10c98)c4ccccc34)n2)cc1. The maximum atomic E-state index is 5.33. The van der Waals surface area contributed by atoms with Crippen molar-refractivity contribution in [1.29, 1.82) is 0 Å². The third kappa shape index (κ3) is 5.66. The van der Waals surface area contributed by atoms with E-state index in [2.05, 4.69) is 212 Å². The lowest BCUT2D eigenvalue weighted by molar-refractivity contribution is 1.18. The van der Waals surface area contributed by atoms with Crippen molar-refractivity contribution in [1.82, 2.24) is 9.97 Å². The first kappa shape index (κ1) is 36.3. The molecule has 0 aliphatic carbocycles. The summed E-state index contributed by atoms with van der Waals surface area (Å²) in [5.41, 5.74) is 8.46. The van der Waals surface area contributed by atoms with Gasteiger partial charge in [-0.2, -0.15) is 0 Å². The maximum absolute atomic E-state index is 5.33. The number of benzene rings is 11. The van der Waals surface area contributed by atoms with E-state index in [1.165, 1.54) is 102 Å². The van der Waals surface area contributed by atoms with Crippen molar-refractivity contribution >= 4 is 96.8 Å². The van der Waals surface area contributed by atoms with Crippen molar-refractivity contribution in [3.63, 3.8) is 0 Å². The quantitative estimate of drug-likeness (QED) is 0.161. The Morgan fingerprint density at radius 1 is 0.277 bits per heavy atom. The van der Waals surface area contributed by atoms with E-state index >= 15 is 0 Å². The lowest BCUT2D eigenvalue weighted by atomic mass is 9.86. The molecule has 0 aliphatic heterocycles. The van der Waals surface area contributed by atoms with Gasteiger partial charge in [-0.15, -0.1) is 11.3 Å². The Balaban J connectivity index is 0.995. The van der Waals surface area contributed by atoms with Gasteiger partial charge < -0.3 is 0 Å². The van der Waals surface area contributed by atoms with Crippen LogP contribution in [0.3, 0.4) is 0 Å². The van der Waals surface area contributed by atoms with Crippen molar-refractivity contribution in [3.05, 3.63) is 218 Å². The van der Waals surface area contributed by atoms with E-state index in [0.717, 1.165) is 33.5 Å². The van der Waals surface area contributed by atoms with Crippen LogP contribution < -0.4 is 0 Å². The van der Waals surface area contributed by atoms with Crippen LogP contribution in [0.25, 0.3) is 141 Å². The molecule has 0 amide bonds. The molecule has 0 spiro atoms. The van der Waals surface area contributed by atoms with Gasteiger partial charge in [-0.1, -0.05) is 182 Å². The Morgan fingerprint density at radius 2 is 0.800 bits per heavy atom. The molecule has 0 radical (unpaired) electrons. The second-order valence-corrected chi connectivity index (χ2v) is 18.3. The van der Waals surface area contributed by atoms with Crippen molar-refractivity contribution in [2.24, 2.45) is 0 Å². The van der Waals surface area contributed by atoms with Crippen molar-refractivity contribution in [2.45, 2.75) is 0 Å². The van der Waals surface area contributed by atoms with Gasteiger partial charge in [0.1, 0.15) is 0 Å². The first-order valence-electron chi connectivity index (χ1n) is 22.2. The van der Waals surface area contributed by atoms with Gasteiger partial charge >= 0.3 is 0 Å². The van der Waals surface area contributed by atoms with Gasteiger partial charge in [0.25, 0.3) is 0 Å². The first-order valence-corrected chi connectivity index (χ1v) is 23.0. The zero-order chi connectivity index (χ0) is 42.6. The molecule has 2 aromatic heterocycles. The third-order valence-corrected chi connectivity index (χ3v) is 14.7. The molecule has 0 fully saturated rings. The third-order valence-electron chi connectivity index (χ3n) is 13.6. The van der Waals surface area contributed by atoms with E-state index < -0.39 is 0 Å². The minimum absolute atomic E-state index is 0.705. The Labute approximate surface area is 378 Å². The van der Waals surface area contributed by atoms with Crippen molar-refractivity contribution < 1.29 is 0 Å². The molecule has 0 saturated carbocycles. The molecule has 0 saturated heterocycles. The van der Waals surface area contributed by atoms with Crippen LogP contribution in [-0.4, -0.2) is 9.97 Å². The zero-order valence-electron chi connectivity index (χ0n) is 35.1. The highest BCUT2D eigenvalue weighted by molar-refractivity contribution is 7.22. The monoisotopic (exact) mass is 840 g/mol. The second-order valence-electron chi connectivity index (χ2n) is 17.2. The molecule has 0 aliphatic rings. The Hall–Kier alpha value is -8.24. The Morgan fingerprint density at radius 3 is 1.52 bits per heavy atom. The fraction of sp³-hybridized carbons (Fsp3) is 0. The molecular formula is C62H36N2S. The fourth-order valence-electron chi connectivity index (χ4n) is 10.6. The summed E-state index contributed by atoms with van der Waals surface area (Å²) >= 11 is 1.83. The molecule has 0 bridgehead atoms. The van der Waals surface area contributed by atoms with Crippen LogP contribution in [-0.2, 0) is 0 Å². The lowest BCUT2D eigenvalue weighted by Gasteiger charge is -2.18. The summed E-state index contributed by atoms with van der Waals surface area (Å²) in [5, 5.41) is 19.0. The minimum Gasteiger partial charge on any atom is -0.228 e. The van der Waals surface area contributed by atoms with Gasteiger partial charge in [-0.3, -0.25) is 0 Å². The number of thiophene rings is 1. The van der Waals surface area contributed by atoms with Crippen LogP contribution in [0, 0.1) is 0 Å². The smallest absolute Gasteiger partial charge is 0.160 e. The number of aromatic nitrogens is 2. The maximum Gasteiger partial charge on any atom is 0.160 e. The van der Waals surface area contributed by atoms with Crippen LogP contribution in [0.1, 0.15) is 0 Å². The van der Waals surface area contributed by atoms with Crippen molar-refractivity contribution in [3.8, 4) is 55.5 Å². The summed E-state index contributed by atoms with van der Waals surface area (Å²) in [4.78, 5) is 11.8. The standard InChI is InChI=1S/C62H36N2S/c1-2-12-40(13-3-1)62-63-54(41-18-8-19-42(32-41)57-35-43-14-4-7-25-56(43)65-57)36-55(64-62)49-31-30-46(47-20-5-6-21-48(47)49)45-33-44-29-28-39-16-10-23-51-50-22-9-15-37-26-27-38-17-11-24-52(60(38)58(37)50)53(34-45)61(44)59(39)51/h1-36H. The summed E-state index contributed by atoms with van der Waals surface area (Å²) in [6.07, 6.45) is 0. The number of hydrogen-bond acceptors (Lipinski definition) is 3. The van der Waals surface area contributed by atoms with Gasteiger partial charge in [0, 0.05) is 26.3 Å². The molecule has 0 N–H and O–H groups in total. The first-order chi connectivity index (χ1) is 32.2. The fourth-order valence-corrected chi connectivity index (χ4v) is 11.7. The van der Waals surface area contributed by atoms with E-state index in [1.54, 1.807) is 0 Å². The molecule has 65 heavy (non-hydrogen) atoms. The van der Waals surface area contributed by atoms with Crippen LogP contribution in [0.4, 0.5) is 0 Å². The number of nitrogens with zero attached hydrogens (tertiary/aromatic N) is 2. The van der Waals surface area contributed by atoms with E-state index in [4.69, 9.17) is 9.97 Å². The zero-order valence-corrected chi connectivity index (χ0v) is 35.9. The molecule has 2 heterocycles. The van der Waals surface area contributed by atoms with Crippen molar-refractivity contribution in [2.75, 3.05) is 0 Å². The van der Waals surface area contributed by atoms with Crippen LogP contribution in [0.5, 0.6) is 0 Å². The Bertz CT molecular complexity index is 4200. The van der Waals surface area contributed by atoms with Gasteiger partial charge in [0.2, 0.25) is 0 Å². The van der Waals surface area contributed by atoms with Gasteiger partial charge in [0.15, 0.2) is 5.82 Å². The lowest BCUT2D eigenvalue weighted by Crippen LogP contribution is -1.97. The minimum atomic E-state index is 0.705. The molecule has 3 heteroatoms. The molecule has 12 aromatic carbocycles. The summed E-state index contributed by atoms with van der Waals surface area (Å²) in [7, 11) is 0. The predicted molar refractivity (Wildman–Crippen MR) is 278 cm³/mol. The summed E-state index contributed by atoms with van der Waals surface area (Å²) < 4.78 is 1.29. The molecule has 0 atom stereocenters. The summed E-state index contributed by atoms with van der Waals surface area (Å²) in [6.45, 7) is 0. The normalized spacial score (nSPS) is 12.0. The van der Waals surface area contributed by atoms with Crippen LogP contribution in [0.2, 0.25) is 0 Å². The molecular weight excluding hydrogens is 805 g/mol. The average molecular weight is 841 g/mol. The van der Waals surface area contributed by atoms with Crippen LogP contribution in [0.15, 0.2) is 218 Å². The number of fused-ring (bicyclic) bond motifs is 4. The average Bonchev–Trinajstić information content (AvgIpc) is 3.82. The molecule has 2 nitrogen and oxygen atoms in total. The van der Waals surface area contributed by atoms with Gasteiger partial charge in [0.05, 0.1) is 11.4 Å². The van der Waals surface area contributed by atoms with E-state index in [0.29, 0.717) is 5.82 Å². The van der Waals surface area contributed by atoms with Gasteiger partial charge in [-0.25, -0.2) is 9.97 Å². The topological polar surface area (TPSA) is 25.8 Å². The molecule has 300 valence electrons. The number of rotatable bonds is 5. The van der Waals surface area contributed by atoms with Gasteiger partial charge in [-0.05, 0) is 134 Å². The van der Waals surface area contributed by atoms with E-state index in [9.17, 15) is 0 Å². The summed E-state index contributed by atoms with van der Waals surface area (Å²) in [5.74, 6) is 0.705. The highest BCUT2D eigenvalue weighted by Crippen LogP contribution is 2.46. The highest BCUT2D eigenvalue weighted by atomic mass is 32.1. The second kappa shape index (κ2) is 14.1. The summed E-state index contributed by atoms with van der Waals surface area (Å²) in [6, 6.07) is 80.1. The largest absolute Gasteiger partial charge is 0.228 e. The molecule has 0 unspecified atom stereocenters. The van der Waals surface area contributed by atoms with E-state index in [1.807, 2.05) is 17.4 Å². The van der Waals surface area contributed by atoms with Crippen LogP contribution >= 0.6 is 11.3 Å². The number of hydrogen-bond donors (Lipinski definition) is 0. The highest BCUT2D eigenvalue weighted by Gasteiger charge is 2.19.